The number of aromatic hydroxyl groups is 1. The Morgan fingerprint density at radius 2 is 2.13 bits per heavy atom. The van der Waals surface area contributed by atoms with Crippen LogP contribution in [0.1, 0.15) is 5.56 Å². The zero-order valence-corrected chi connectivity index (χ0v) is 8.48. The lowest BCUT2D eigenvalue weighted by atomic mass is 10.2. The number of nitrogen functional groups attached to an aromatic ring is 1. The summed E-state index contributed by atoms with van der Waals surface area (Å²) in [5, 5.41) is 17.6. The maximum atomic E-state index is 9.45. The summed E-state index contributed by atoms with van der Waals surface area (Å²) >= 11 is 1.19. The van der Waals surface area contributed by atoms with Gasteiger partial charge in [-0.2, -0.15) is 0 Å². The minimum atomic E-state index is 0.179. The molecule has 0 aliphatic heterocycles. The van der Waals surface area contributed by atoms with E-state index in [4.69, 9.17) is 5.73 Å². The Bertz CT molecular complexity index is 494. The van der Waals surface area contributed by atoms with Crippen molar-refractivity contribution in [2.45, 2.75) is 0 Å². The summed E-state index contributed by atoms with van der Waals surface area (Å²) in [6.45, 7) is 0. The van der Waals surface area contributed by atoms with Crippen LogP contribution >= 0.6 is 11.3 Å². The number of aliphatic imine (C=N–C) groups is 1. The molecule has 0 atom stereocenters. The number of nitrogens with two attached hydrogens (primary N) is 1. The van der Waals surface area contributed by atoms with Gasteiger partial charge in [0.25, 0.3) is 0 Å². The molecule has 3 N–H and O–H groups in total. The normalized spacial score (nSPS) is 10.9. The zero-order valence-electron chi connectivity index (χ0n) is 7.66. The van der Waals surface area contributed by atoms with Gasteiger partial charge in [0.15, 0.2) is 0 Å². The summed E-state index contributed by atoms with van der Waals surface area (Å²) in [6.07, 6.45) is 1.52. The van der Waals surface area contributed by atoms with Crippen molar-refractivity contribution in [3.8, 4) is 5.75 Å². The minimum absolute atomic E-state index is 0.179. The van der Waals surface area contributed by atoms with Gasteiger partial charge in [-0.15, -0.1) is 10.2 Å². The first-order valence-electron chi connectivity index (χ1n) is 4.17. The number of rotatable bonds is 2. The summed E-state index contributed by atoms with van der Waals surface area (Å²) in [5.74, 6) is 0.179. The fourth-order valence-electron chi connectivity index (χ4n) is 1.00. The number of phenols is 1. The summed E-state index contributed by atoms with van der Waals surface area (Å²) < 4.78 is 0. The number of aromatic nitrogens is 2. The number of hydrogen-bond donors (Lipinski definition) is 2. The number of benzene rings is 1. The molecule has 1 heterocycles. The molecule has 0 saturated carbocycles. The van der Waals surface area contributed by atoms with E-state index in [0.717, 1.165) is 0 Å². The number of hydrogen-bond acceptors (Lipinski definition) is 6. The third-order valence-corrected chi connectivity index (χ3v) is 2.34. The highest BCUT2D eigenvalue weighted by atomic mass is 32.1. The minimum Gasteiger partial charge on any atom is -0.507 e. The SMILES string of the molecule is Nc1nnc(/N=C/c2ccccc2O)s1. The standard InChI is InChI=1S/C9H8N4OS/c10-8-12-13-9(15-8)11-5-6-3-1-2-4-7(6)14/h1-5,14H,(H2,10,12)/b11-5+. The molecule has 6 heteroatoms. The van der Waals surface area contributed by atoms with Gasteiger partial charge in [-0.3, -0.25) is 0 Å². The van der Waals surface area contributed by atoms with Crippen LogP contribution in [0.2, 0.25) is 0 Å². The lowest BCUT2D eigenvalue weighted by Gasteiger charge is -1.94. The van der Waals surface area contributed by atoms with Crippen molar-refractivity contribution < 1.29 is 5.11 Å². The Morgan fingerprint density at radius 3 is 2.80 bits per heavy atom. The van der Waals surface area contributed by atoms with E-state index in [0.29, 0.717) is 15.8 Å². The van der Waals surface area contributed by atoms with Crippen LogP contribution in [0.3, 0.4) is 0 Å². The van der Waals surface area contributed by atoms with Crippen LogP contribution in [0.4, 0.5) is 10.3 Å². The Kier molecular flexibility index (Phi) is 2.59. The average molecular weight is 220 g/mol. The number of anilines is 1. The van der Waals surface area contributed by atoms with Crippen molar-refractivity contribution in [3.63, 3.8) is 0 Å². The predicted molar refractivity (Wildman–Crippen MR) is 59.7 cm³/mol. The summed E-state index contributed by atoms with van der Waals surface area (Å²) in [7, 11) is 0. The molecule has 0 spiro atoms. The molecule has 0 unspecified atom stereocenters. The molecule has 1 aromatic carbocycles. The van der Waals surface area contributed by atoms with Crippen LogP contribution in [0, 0.1) is 0 Å². The van der Waals surface area contributed by atoms with Crippen LogP contribution < -0.4 is 5.73 Å². The fourth-order valence-corrected chi connectivity index (χ4v) is 1.46. The number of phenolic OH excluding ortho intramolecular Hbond substituents is 1. The molecule has 5 nitrogen and oxygen atoms in total. The average Bonchev–Trinajstić information content (AvgIpc) is 2.63. The molecule has 0 aliphatic rings. The van der Waals surface area contributed by atoms with Gasteiger partial charge in [0.05, 0.1) is 0 Å². The van der Waals surface area contributed by atoms with Gasteiger partial charge in [0.1, 0.15) is 5.75 Å². The Labute approximate surface area is 89.9 Å². The second kappa shape index (κ2) is 4.05. The molecule has 0 aliphatic carbocycles. The van der Waals surface area contributed by atoms with Crippen molar-refractivity contribution in [2.24, 2.45) is 4.99 Å². The van der Waals surface area contributed by atoms with Crippen molar-refractivity contribution >= 4 is 27.8 Å². The highest BCUT2D eigenvalue weighted by molar-refractivity contribution is 7.18. The Morgan fingerprint density at radius 1 is 1.33 bits per heavy atom. The first-order chi connectivity index (χ1) is 7.25. The van der Waals surface area contributed by atoms with Crippen LogP contribution in [0.15, 0.2) is 29.3 Å². The van der Waals surface area contributed by atoms with Gasteiger partial charge >= 0.3 is 0 Å². The monoisotopic (exact) mass is 220 g/mol. The zero-order chi connectivity index (χ0) is 10.7. The van der Waals surface area contributed by atoms with Gasteiger partial charge in [-0.05, 0) is 12.1 Å². The van der Waals surface area contributed by atoms with E-state index in [-0.39, 0.29) is 5.75 Å². The van der Waals surface area contributed by atoms with Gasteiger partial charge in [0.2, 0.25) is 10.3 Å². The molecular formula is C9H8N4OS. The maximum absolute atomic E-state index is 9.45. The van der Waals surface area contributed by atoms with Gasteiger partial charge < -0.3 is 10.8 Å². The number of para-hydroxylation sites is 1. The molecule has 2 aromatic rings. The quantitative estimate of drug-likeness (QED) is 0.752. The van der Waals surface area contributed by atoms with E-state index >= 15 is 0 Å². The fraction of sp³-hybridized carbons (Fsp3) is 0. The van der Waals surface area contributed by atoms with Crippen LogP contribution in [0.5, 0.6) is 5.75 Å². The van der Waals surface area contributed by atoms with E-state index < -0.39 is 0 Å². The van der Waals surface area contributed by atoms with Crippen LogP contribution in [-0.2, 0) is 0 Å². The first kappa shape index (κ1) is 9.60. The van der Waals surface area contributed by atoms with Crippen molar-refractivity contribution in [1.82, 2.24) is 10.2 Å². The molecule has 1 aromatic heterocycles. The lowest BCUT2D eigenvalue weighted by Crippen LogP contribution is -1.80. The molecule has 0 fully saturated rings. The second-order valence-corrected chi connectivity index (χ2v) is 3.73. The topological polar surface area (TPSA) is 84.4 Å². The van der Waals surface area contributed by atoms with Crippen molar-refractivity contribution in [2.75, 3.05) is 5.73 Å². The second-order valence-electron chi connectivity index (χ2n) is 2.74. The molecule has 0 bridgehead atoms. The van der Waals surface area contributed by atoms with Crippen molar-refractivity contribution in [1.29, 1.82) is 0 Å². The van der Waals surface area contributed by atoms with Gasteiger partial charge in [-0.1, -0.05) is 23.5 Å². The third-order valence-electron chi connectivity index (χ3n) is 1.68. The molecule has 2 rings (SSSR count). The lowest BCUT2D eigenvalue weighted by molar-refractivity contribution is 0.474. The highest BCUT2D eigenvalue weighted by Crippen LogP contribution is 2.20. The Balaban J connectivity index is 2.22. The van der Waals surface area contributed by atoms with E-state index in [1.54, 1.807) is 18.2 Å². The van der Waals surface area contributed by atoms with Gasteiger partial charge in [0, 0.05) is 11.8 Å². The number of nitrogens with zero attached hydrogens (tertiary/aromatic N) is 3. The molecule has 0 amide bonds. The molecule has 0 saturated heterocycles. The summed E-state index contributed by atoms with van der Waals surface area (Å²) in [5.41, 5.74) is 6.03. The van der Waals surface area contributed by atoms with Crippen LogP contribution in [0.25, 0.3) is 0 Å². The maximum Gasteiger partial charge on any atom is 0.233 e. The largest absolute Gasteiger partial charge is 0.507 e. The van der Waals surface area contributed by atoms with E-state index in [1.807, 2.05) is 6.07 Å². The van der Waals surface area contributed by atoms with E-state index in [2.05, 4.69) is 15.2 Å². The summed E-state index contributed by atoms with van der Waals surface area (Å²) in [4.78, 5) is 4.04. The van der Waals surface area contributed by atoms with Gasteiger partial charge in [-0.25, -0.2) is 4.99 Å². The van der Waals surface area contributed by atoms with Crippen LogP contribution in [-0.4, -0.2) is 21.5 Å². The highest BCUT2D eigenvalue weighted by Gasteiger charge is 1.98. The molecule has 15 heavy (non-hydrogen) atoms. The summed E-state index contributed by atoms with van der Waals surface area (Å²) in [6, 6.07) is 6.91. The van der Waals surface area contributed by atoms with E-state index in [1.165, 1.54) is 17.6 Å². The Hall–Kier alpha value is -1.95. The molecule has 0 radical (unpaired) electrons. The molecule has 76 valence electrons. The van der Waals surface area contributed by atoms with Crippen molar-refractivity contribution in [3.05, 3.63) is 29.8 Å². The first-order valence-corrected chi connectivity index (χ1v) is 4.98. The third kappa shape index (κ3) is 2.29. The molecular weight excluding hydrogens is 212 g/mol. The van der Waals surface area contributed by atoms with E-state index in [9.17, 15) is 5.11 Å². The predicted octanol–water partition coefficient (Wildman–Crippen LogP) is 1.58. The smallest absolute Gasteiger partial charge is 0.233 e.